The summed E-state index contributed by atoms with van der Waals surface area (Å²) >= 11 is 6.34. The van der Waals surface area contributed by atoms with Gasteiger partial charge in [0, 0.05) is 30.2 Å². The summed E-state index contributed by atoms with van der Waals surface area (Å²) in [7, 11) is 0. The highest BCUT2D eigenvalue weighted by Crippen LogP contribution is 2.29. The topological polar surface area (TPSA) is 86.5 Å². The van der Waals surface area contributed by atoms with E-state index in [9.17, 15) is 0 Å². The van der Waals surface area contributed by atoms with Crippen LogP contribution < -0.4 is 10.6 Å². The van der Waals surface area contributed by atoms with Crippen LogP contribution in [0.1, 0.15) is 5.56 Å². The molecule has 0 amide bonds. The van der Waals surface area contributed by atoms with Gasteiger partial charge >= 0.3 is 0 Å². The van der Waals surface area contributed by atoms with Crippen LogP contribution in [0, 0.1) is 11.3 Å². The minimum atomic E-state index is 0.535. The maximum absolute atomic E-state index is 8.84. The number of pyridine rings is 1. The Morgan fingerprint density at radius 3 is 2.48 bits per heavy atom. The van der Waals surface area contributed by atoms with E-state index in [1.54, 1.807) is 18.3 Å². The molecule has 0 saturated carbocycles. The Kier molecular flexibility index (Phi) is 5.50. The summed E-state index contributed by atoms with van der Waals surface area (Å²) < 4.78 is 0. The van der Waals surface area contributed by atoms with Crippen molar-refractivity contribution < 1.29 is 0 Å². The molecule has 0 atom stereocenters. The van der Waals surface area contributed by atoms with Gasteiger partial charge in [-0.15, -0.1) is 0 Å². The van der Waals surface area contributed by atoms with Crippen molar-refractivity contribution in [1.82, 2.24) is 15.0 Å². The van der Waals surface area contributed by atoms with Crippen LogP contribution in [0.4, 0.5) is 11.6 Å². The second-order valence-corrected chi connectivity index (χ2v) is 6.70. The van der Waals surface area contributed by atoms with Crippen LogP contribution in [0.2, 0.25) is 5.02 Å². The molecule has 0 fully saturated rings. The number of nitrogens with one attached hydrogen (secondary N) is 2. The fraction of sp³-hybridized carbons (Fsp3) is 0.0909. The van der Waals surface area contributed by atoms with Gasteiger partial charge in [0.05, 0.1) is 16.1 Å². The molecule has 142 valence electrons. The second kappa shape index (κ2) is 8.55. The maximum Gasteiger partial charge on any atom is 0.163 e. The van der Waals surface area contributed by atoms with Gasteiger partial charge in [-0.05, 0) is 36.4 Å². The summed E-state index contributed by atoms with van der Waals surface area (Å²) in [6, 6.07) is 21.0. The van der Waals surface area contributed by atoms with Gasteiger partial charge in [-0.2, -0.15) is 5.26 Å². The molecule has 0 unspecified atom stereocenters. The third-order valence-electron chi connectivity index (χ3n) is 4.33. The number of aromatic nitrogens is 3. The number of anilines is 2. The van der Waals surface area contributed by atoms with Crippen molar-refractivity contribution in [2.45, 2.75) is 0 Å². The van der Waals surface area contributed by atoms with Gasteiger partial charge in [-0.3, -0.25) is 0 Å². The molecule has 2 N–H and O–H groups in total. The van der Waals surface area contributed by atoms with E-state index in [-0.39, 0.29) is 0 Å². The lowest BCUT2D eigenvalue weighted by atomic mass is 10.2. The predicted molar refractivity (Wildman–Crippen MR) is 116 cm³/mol. The van der Waals surface area contributed by atoms with E-state index >= 15 is 0 Å². The number of nitrogens with zero attached hydrogens (tertiary/aromatic N) is 4. The van der Waals surface area contributed by atoms with Crippen molar-refractivity contribution in [3.8, 4) is 17.5 Å². The van der Waals surface area contributed by atoms with Gasteiger partial charge in [0.1, 0.15) is 17.7 Å². The molecular formula is C22H17ClN6. The fourth-order valence-electron chi connectivity index (χ4n) is 2.91. The smallest absolute Gasteiger partial charge is 0.163 e. The van der Waals surface area contributed by atoms with Crippen LogP contribution in [0.5, 0.6) is 0 Å². The van der Waals surface area contributed by atoms with Crippen LogP contribution in [0.25, 0.3) is 22.3 Å². The predicted octanol–water partition coefficient (Wildman–Crippen LogP) is 4.74. The van der Waals surface area contributed by atoms with Gasteiger partial charge in [0.15, 0.2) is 5.82 Å². The Morgan fingerprint density at radius 1 is 0.897 bits per heavy atom. The van der Waals surface area contributed by atoms with Crippen LogP contribution in [-0.4, -0.2) is 28.0 Å². The summed E-state index contributed by atoms with van der Waals surface area (Å²) in [6.07, 6.45) is 1.55. The SMILES string of the molecule is N#Cc1ccc(NCCNc2nc(-c3ccccc3Cl)nc3ccccc23)nc1. The minimum Gasteiger partial charge on any atom is -0.368 e. The molecule has 0 spiro atoms. The van der Waals surface area contributed by atoms with E-state index in [0.717, 1.165) is 28.1 Å². The standard InChI is InChI=1S/C22H17ClN6/c23-18-7-3-1-5-16(18)22-28-19-8-4-2-6-17(19)21(29-22)26-12-11-25-20-10-9-15(13-24)14-27-20/h1-10,14H,11-12H2,(H,25,27)(H,26,28,29). The van der Waals surface area contributed by atoms with Crippen molar-refractivity contribution in [1.29, 1.82) is 5.26 Å². The van der Waals surface area contributed by atoms with E-state index in [1.165, 1.54) is 0 Å². The summed E-state index contributed by atoms with van der Waals surface area (Å²) in [5, 5.41) is 17.0. The number of para-hydroxylation sites is 1. The number of hydrogen-bond donors (Lipinski definition) is 2. The second-order valence-electron chi connectivity index (χ2n) is 6.29. The normalized spacial score (nSPS) is 10.5. The largest absolute Gasteiger partial charge is 0.368 e. The zero-order chi connectivity index (χ0) is 20.1. The molecule has 2 heterocycles. The monoisotopic (exact) mass is 400 g/mol. The maximum atomic E-state index is 8.84. The molecule has 0 bridgehead atoms. The van der Waals surface area contributed by atoms with Gasteiger partial charge in [-0.25, -0.2) is 15.0 Å². The fourth-order valence-corrected chi connectivity index (χ4v) is 3.13. The van der Waals surface area contributed by atoms with Crippen molar-refractivity contribution in [3.05, 3.63) is 77.4 Å². The first kappa shape index (κ1) is 18.7. The average molecular weight is 401 g/mol. The van der Waals surface area contributed by atoms with Gasteiger partial charge in [-0.1, -0.05) is 35.9 Å². The van der Waals surface area contributed by atoms with Crippen molar-refractivity contribution >= 4 is 34.1 Å². The summed E-state index contributed by atoms with van der Waals surface area (Å²) in [5.41, 5.74) is 2.18. The third kappa shape index (κ3) is 4.26. The highest BCUT2D eigenvalue weighted by Gasteiger charge is 2.11. The molecule has 6 nitrogen and oxygen atoms in total. The molecule has 0 radical (unpaired) electrons. The van der Waals surface area contributed by atoms with Crippen LogP contribution in [0.15, 0.2) is 66.9 Å². The quantitative estimate of drug-likeness (QED) is 0.454. The highest BCUT2D eigenvalue weighted by atomic mass is 35.5. The lowest BCUT2D eigenvalue weighted by molar-refractivity contribution is 1.04. The third-order valence-corrected chi connectivity index (χ3v) is 4.66. The Labute approximate surface area is 173 Å². The first-order valence-electron chi connectivity index (χ1n) is 9.10. The molecule has 7 heteroatoms. The molecule has 2 aromatic heterocycles. The average Bonchev–Trinajstić information content (AvgIpc) is 2.77. The van der Waals surface area contributed by atoms with Gasteiger partial charge in [0.25, 0.3) is 0 Å². The van der Waals surface area contributed by atoms with Crippen LogP contribution in [-0.2, 0) is 0 Å². The van der Waals surface area contributed by atoms with E-state index in [2.05, 4.69) is 26.7 Å². The Hall–Kier alpha value is -3.69. The van der Waals surface area contributed by atoms with Crippen LogP contribution >= 0.6 is 11.6 Å². The molecule has 0 aliphatic rings. The summed E-state index contributed by atoms with van der Waals surface area (Å²) in [6.45, 7) is 1.27. The molecule has 0 aliphatic carbocycles. The number of fused-ring (bicyclic) bond motifs is 1. The summed E-state index contributed by atoms with van der Waals surface area (Å²) in [4.78, 5) is 13.6. The zero-order valence-corrected chi connectivity index (χ0v) is 16.2. The number of benzene rings is 2. The van der Waals surface area contributed by atoms with E-state index in [0.29, 0.717) is 29.5 Å². The van der Waals surface area contributed by atoms with E-state index in [1.807, 2.05) is 48.5 Å². The minimum absolute atomic E-state index is 0.535. The lowest BCUT2D eigenvalue weighted by Crippen LogP contribution is -2.15. The van der Waals surface area contributed by atoms with Gasteiger partial charge < -0.3 is 10.6 Å². The van der Waals surface area contributed by atoms with Crippen molar-refractivity contribution in [2.24, 2.45) is 0 Å². The lowest BCUT2D eigenvalue weighted by Gasteiger charge is -2.12. The van der Waals surface area contributed by atoms with Gasteiger partial charge in [0.2, 0.25) is 0 Å². The Bertz CT molecular complexity index is 1180. The summed E-state index contributed by atoms with van der Waals surface area (Å²) in [5.74, 6) is 2.05. The highest BCUT2D eigenvalue weighted by molar-refractivity contribution is 6.33. The van der Waals surface area contributed by atoms with E-state index < -0.39 is 0 Å². The molecular weight excluding hydrogens is 384 g/mol. The molecule has 2 aromatic carbocycles. The Balaban J connectivity index is 1.53. The first-order chi connectivity index (χ1) is 14.2. The number of rotatable bonds is 6. The molecule has 0 aliphatic heterocycles. The van der Waals surface area contributed by atoms with Crippen LogP contribution in [0.3, 0.4) is 0 Å². The molecule has 0 saturated heterocycles. The van der Waals surface area contributed by atoms with E-state index in [4.69, 9.17) is 21.8 Å². The molecule has 4 aromatic rings. The van der Waals surface area contributed by atoms with Crippen molar-refractivity contribution in [2.75, 3.05) is 23.7 Å². The van der Waals surface area contributed by atoms with Crippen molar-refractivity contribution in [3.63, 3.8) is 0 Å². The first-order valence-corrected chi connectivity index (χ1v) is 9.48. The number of nitriles is 1. The number of hydrogen-bond acceptors (Lipinski definition) is 6. The Morgan fingerprint density at radius 2 is 1.69 bits per heavy atom. The molecule has 4 rings (SSSR count). The number of halogens is 1. The zero-order valence-electron chi connectivity index (χ0n) is 15.4. The molecule has 29 heavy (non-hydrogen) atoms.